The minimum absolute atomic E-state index is 0.0189. The molecule has 1 aliphatic carbocycles. The third-order valence-electron chi connectivity index (χ3n) is 6.02. The number of aromatic nitrogens is 1. The van der Waals surface area contributed by atoms with Crippen molar-refractivity contribution in [3.63, 3.8) is 0 Å². The van der Waals surface area contributed by atoms with E-state index in [0.717, 1.165) is 67.6 Å². The number of hydrogen-bond donors (Lipinski definition) is 1. The van der Waals surface area contributed by atoms with Gasteiger partial charge in [-0.3, -0.25) is 9.59 Å². The highest BCUT2D eigenvalue weighted by molar-refractivity contribution is 7.15. The summed E-state index contributed by atoms with van der Waals surface area (Å²) in [5, 5.41) is 4.13. The van der Waals surface area contributed by atoms with Gasteiger partial charge in [-0.2, -0.15) is 0 Å². The number of nitrogens with zero attached hydrogens (tertiary/aromatic N) is 3. The molecule has 0 saturated carbocycles. The minimum atomic E-state index is -0.0189. The molecule has 1 fully saturated rings. The fraction of sp³-hybridized carbons (Fsp3) is 0.522. The monoisotopic (exact) mass is 442 g/mol. The van der Waals surface area contributed by atoms with Crippen molar-refractivity contribution in [2.75, 3.05) is 37.7 Å². The molecule has 166 valence electrons. The van der Waals surface area contributed by atoms with E-state index in [9.17, 15) is 9.59 Å². The average molecular weight is 443 g/mol. The maximum Gasteiger partial charge on any atom is 0.223 e. The lowest BCUT2D eigenvalue weighted by Crippen LogP contribution is -2.48. The number of rotatable bonds is 6. The molecule has 4 rings (SSSR count). The van der Waals surface area contributed by atoms with Gasteiger partial charge in [0.05, 0.1) is 12.3 Å². The van der Waals surface area contributed by atoms with Crippen LogP contribution in [0.2, 0.25) is 0 Å². The molecule has 7 nitrogen and oxygen atoms in total. The summed E-state index contributed by atoms with van der Waals surface area (Å²) in [4.78, 5) is 34.6. The van der Waals surface area contributed by atoms with E-state index in [1.54, 1.807) is 18.3 Å². The van der Waals surface area contributed by atoms with Crippen LogP contribution in [0.25, 0.3) is 0 Å². The number of para-hydroxylation sites is 1. The number of piperazine rings is 1. The topological polar surface area (TPSA) is 74.8 Å². The molecule has 1 atom stereocenters. The third-order valence-corrected chi connectivity index (χ3v) is 7.20. The van der Waals surface area contributed by atoms with Crippen LogP contribution in [0.15, 0.2) is 24.3 Å². The lowest BCUT2D eigenvalue weighted by atomic mass is 9.90. The molecule has 1 aliphatic heterocycles. The number of hydrogen-bond acceptors (Lipinski definition) is 6. The highest BCUT2D eigenvalue weighted by Gasteiger charge is 2.29. The van der Waals surface area contributed by atoms with Crippen molar-refractivity contribution in [3.05, 3.63) is 40.4 Å². The van der Waals surface area contributed by atoms with Crippen molar-refractivity contribution in [2.45, 2.75) is 39.7 Å². The number of aryl methyl sites for hydroxylation is 1. The van der Waals surface area contributed by atoms with Crippen LogP contribution >= 0.6 is 11.3 Å². The molecule has 2 aliphatic rings. The lowest BCUT2D eigenvalue weighted by Gasteiger charge is -2.33. The number of carbonyl (C=O) groups is 2. The van der Waals surface area contributed by atoms with Crippen LogP contribution in [-0.4, -0.2) is 54.5 Å². The van der Waals surface area contributed by atoms with Crippen molar-refractivity contribution in [2.24, 2.45) is 5.92 Å². The Morgan fingerprint density at radius 3 is 2.74 bits per heavy atom. The SMILES string of the molecule is CCOc1ccccc1CNC(=O)[C@H]1CCc2nc(N3CCN(C(C)=O)CC3)sc2C1. The first-order chi connectivity index (χ1) is 15.0. The van der Waals surface area contributed by atoms with Crippen LogP contribution in [-0.2, 0) is 29.0 Å². The Kier molecular flexibility index (Phi) is 6.75. The highest BCUT2D eigenvalue weighted by Crippen LogP contribution is 2.34. The Labute approximate surface area is 187 Å². The summed E-state index contributed by atoms with van der Waals surface area (Å²) in [5.74, 6) is 1.04. The van der Waals surface area contributed by atoms with E-state index in [-0.39, 0.29) is 17.7 Å². The summed E-state index contributed by atoms with van der Waals surface area (Å²) in [6, 6.07) is 7.84. The fourth-order valence-electron chi connectivity index (χ4n) is 4.21. The zero-order chi connectivity index (χ0) is 21.8. The number of anilines is 1. The Morgan fingerprint density at radius 2 is 2.00 bits per heavy atom. The van der Waals surface area contributed by atoms with Crippen molar-refractivity contribution < 1.29 is 14.3 Å². The smallest absolute Gasteiger partial charge is 0.223 e. The molecule has 1 aromatic carbocycles. The molecule has 2 aromatic rings. The van der Waals surface area contributed by atoms with E-state index >= 15 is 0 Å². The van der Waals surface area contributed by atoms with Gasteiger partial charge in [-0.1, -0.05) is 18.2 Å². The number of benzene rings is 1. The lowest BCUT2D eigenvalue weighted by molar-refractivity contribution is -0.129. The van der Waals surface area contributed by atoms with Crippen LogP contribution < -0.4 is 15.0 Å². The van der Waals surface area contributed by atoms with Crippen LogP contribution in [0, 0.1) is 5.92 Å². The van der Waals surface area contributed by atoms with Gasteiger partial charge in [-0.05, 0) is 32.3 Å². The molecule has 0 bridgehead atoms. The molecule has 1 N–H and O–H groups in total. The minimum Gasteiger partial charge on any atom is -0.494 e. The van der Waals surface area contributed by atoms with Gasteiger partial charge >= 0.3 is 0 Å². The summed E-state index contributed by atoms with van der Waals surface area (Å²) < 4.78 is 5.66. The number of amides is 2. The molecule has 1 aromatic heterocycles. The Morgan fingerprint density at radius 1 is 1.23 bits per heavy atom. The van der Waals surface area contributed by atoms with Gasteiger partial charge in [0.1, 0.15) is 5.75 Å². The van der Waals surface area contributed by atoms with Gasteiger partial charge < -0.3 is 19.9 Å². The molecule has 0 unspecified atom stereocenters. The second-order valence-electron chi connectivity index (χ2n) is 8.06. The maximum atomic E-state index is 12.8. The number of carbonyl (C=O) groups excluding carboxylic acids is 2. The van der Waals surface area contributed by atoms with Gasteiger partial charge in [-0.15, -0.1) is 11.3 Å². The number of nitrogens with one attached hydrogen (secondary N) is 1. The third kappa shape index (κ3) is 5.01. The molecule has 0 radical (unpaired) electrons. The predicted molar refractivity (Wildman–Crippen MR) is 122 cm³/mol. The molecule has 2 heterocycles. The van der Waals surface area contributed by atoms with Crippen molar-refractivity contribution in [3.8, 4) is 5.75 Å². The first-order valence-corrected chi connectivity index (χ1v) is 11.8. The summed E-state index contributed by atoms with van der Waals surface area (Å²) in [6.07, 6.45) is 2.42. The molecule has 31 heavy (non-hydrogen) atoms. The van der Waals surface area contributed by atoms with Gasteiger partial charge in [0.2, 0.25) is 11.8 Å². The molecular weight excluding hydrogens is 412 g/mol. The Balaban J connectivity index is 1.34. The van der Waals surface area contributed by atoms with Crippen LogP contribution in [0.4, 0.5) is 5.13 Å². The number of thiazole rings is 1. The van der Waals surface area contributed by atoms with Crippen molar-refractivity contribution >= 4 is 28.3 Å². The Bertz CT molecular complexity index is 937. The summed E-state index contributed by atoms with van der Waals surface area (Å²) in [6.45, 7) is 7.78. The molecule has 0 spiro atoms. The highest BCUT2D eigenvalue weighted by atomic mass is 32.1. The quantitative estimate of drug-likeness (QED) is 0.744. The second-order valence-corrected chi connectivity index (χ2v) is 9.12. The number of ether oxygens (including phenoxy) is 1. The zero-order valence-electron chi connectivity index (χ0n) is 18.2. The zero-order valence-corrected chi connectivity index (χ0v) is 19.0. The average Bonchev–Trinajstić information content (AvgIpc) is 3.22. The summed E-state index contributed by atoms with van der Waals surface area (Å²) in [5.41, 5.74) is 2.14. The molecule has 8 heteroatoms. The largest absolute Gasteiger partial charge is 0.494 e. The maximum absolute atomic E-state index is 12.8. The van der Waals surface area contributed by atoms with Crippen LogP contribution in [0.1, 0.15) is 36.4 Å². The molecule has 1 saturated heterocycles. The van der Waals surface area contributed by atoms with E-state index in [4.69, 9.17) is 9.72 Å². The van der Waals surface area contributed by atoms with E-state index in [0.29, 0.717) is 13.2 Å². The first-order valence-electron chi connectivity index (χ1n) is 11.0. The van der Waals surface area contributed by atoms with Crippen molar-refractivity contribution in [1.82, 2.24) is 15.2 Å². The Hall–Kier alpha value is -2.61. The number of fused-ring (bicyclic) bond motifs is 1. The van der Waals surface area contributed by atoms with E-state index in [1.807, 2.05) is 36.1 Å². The normalized spacial score (nSPS) is 18.5. The summed E-state index contributed by atoms with van der Waals surface area (Å²) in [7, 11) is 0. The first kappa shape index (κ1) is 21.6. The van der Waals surface area contributed by atoms with Crippen molar-refractivity contribution in [1.29, 1.82) is 0 Å². The molecule has 2 amide bonds. The van der Waals surface area contributed by atoms with Gasteiger partial charge in [0.25, 0.3) is 0 Å². The standard InChI is InChI=1S/C23H30N4O3S/c1-3-30-20-7-5-4-6-18(20)15-24-22(29)17-8-9-19-21(14-17)31-23(25-19)27-12-10-26(11-13-27)16(2)28/h4-7,17H,3,8-15H2,1-2H3,(H,24,29)/t17-/m0/s1. The molecular formula is C23H30N4O3S. The van der Waals surface area contributed by atoms with E-state index in [1.165, 1.54) is 4.88 Å². The van der Waals surface area contributed by atoms with Crippen LogP contribution in [0.5, 0.6) is 5.75 Å². The fourth-order valence-corrected chi connectivity index (χ4v) is 5.44. The van der Waals surface area contributed by atoms with Crippen LogP contribution in [0.3, 0.4) is 0 Å². The predicted octanol–water partition coefficient (Wildman–Crippen LogP) is 2.63. The second kappa shape index (κ2) is 9.68. The summed E-state index contributed by atoms with van der Waals surface area (Å²) >= 11 is 1.71. The van der Waals surface area contributed by atoms with E-state index < -0.39 is 0 Å². The van der Waals surface area contributed by atoms with Gasteiger partial charge in [0, 0.05) is 56.0 Å². The van der Waals surface area contributed by atoms with E-state index in [2.05, 4.69) is 10.2 Å². The van der Waals surface area contributed by atoms with Gasteiger partial charge in [0.15, 0.2) is 5.13 Å². The van der Waals surface area contributed by atoms with Gasteiger partial charge in [-0.25, -0.2) is 4.98 Å².